The summed E-state index contributed by atoms with van der Waals surface area (Å²) in [5.74, 6) is -2.84. The summed E-state index contributed by atoms with van der Waals surface area (Å²) < 4.78 is 0. The standard InChI is InChI=1S/C14H14N2O4/c1-2-8(11(15)14(19)20)7-16-12(17)9-5-3-4-6-10(9)13(16)18/h3-6,8,15H,2,7H2,1H3,(H,19,20)/t8-/m0/s1. The average Bonchev–Trinajstić information content (AvgIpc) is 2.68. The maximum Gasteiger partial charge on any atom is 0.349 e. The maximum atomic E-state index is 12.1. The molecule has 0 aliphatic carbocycles. The van der Waals surface area contributed by atoms with Crippen LogP contribution in [-0.4, -0.2) is 40.0 Å². The molecule has 20 heavy (non-hydrogen) atoms. The molecule has 0 saturated carbocycles. The molecule has 0 fully saturated rings. The van der Waals surface area contributed by atoms with Crippen LogP contribution < -0.4 is 0 Å². The number of rotatable bonds is 5. The Labute approximate surface area is 115 Å². The molecule has 6 nitrogen and oxygen atoms in total. The zero-order chi connectivity index (χ0) is 14.9. The third kappa shape index (κ3) is 2.20. The van der Waals surface area contributed by atoms with E-state index in [9.17, 15) is 14.4 Å². The SMILES string of the molecule is CC[C@@H](CN1C(=O)c2ccccc2C1=O)C(=N)C(=O)O. The molecule has 104 valence electrons. The van der Waals surface area contributed by atoms with Crippen LogP contribution in [0.4, 0.5) is 0 Å². The van der Waals surface area contributed by atoms with Crippen molar-refractivity contribution >= 4 is 23.5 Å². The number of aliphatic carboxylic acids is 1. The Morgan fingerprint density at radius 2 is 1.75 bits per heavy atom. The lowest BCUT2D eigenvalue weighted by molar-refractivity contribution is -0.129. The highest BCUT2D eigenvalue weighted by Gasteiger charge is 2.37. The van der Waals surface area contributed by atoms with Crippen LogP contribution in [0.3, 0.4) is 0 Å². The quantitative estimate of drug-likeness (QED) is 0.626. The van der Waals surface area contributed by atoms with Gasteiger partial charge in [0, 0.05) is 12.5 Å². The lowest BCUT2D eigenvalue weighted by Crippen LogP contribution is -2.38. The Morgan fingerprint density at radius 3 is 2.15 bits per heavy atom. The van der Waals surface area contributed by atoms with E-state index in [1.165, 1.54) is 0 Å². The molecule has 0 aromatic heterocycles. The lowest BCUT2D eigenvalue weighted by Gasteiger charge is -2.20. The highest BCUT2D eigenvalue weighted by Crippen LogP contribution is 2.24. The molecule has 0 unspecified atom stereocenters. The molecule has 1 heterocycles. The first kappa shape index (κ1) is 13.9. The predicted octanol–water partition coefficient (Wildman–Crippen LogP) is 1.41. The van der Waals surface area contributed by atoms with Crippen molar-refractivity contribution in [3.8, 4) is 0 Å². The van der Waals surface area contributed by atoms with Gasteiger partial charge in [0.2, 0.25) is 0 Å². The van der Waals surface area contributed by atoms with Crippen LogP contribution in [0.25, 0.3) is 0 Å². The Bertz CT molecular complexity index is 574. The molecule has 2 rings (SSSR count). The Balaban J connectivity index is 2.24. The second-order valence-corrected chi connectivity index (χ2v) is 4.59. The van der Waals surface area contributed by atoms with Gasteiger partial charge in [-0.05, 0) is 18.6 Å². The topological polar surface area (TPSA) is 98.5 Å². The number of hydrogen-bond donors (Lipinski definition) is 2. The largest absolute Gasteiger partial charge is 0.477 e. The number of imide groups is 1. The van der Waals surface area contributed by atoms with Crippen LogP contribution in [0.5, 0.6) is 0 Å². The fourth-order valence-electron chi connectivity index (χ4n) is 2.22. The number of carbonyl (C=O) groups is 3. The molecule has 1 aliphatic rings. The monoisotopic (exact) mass is 274 g/mol. The van der Waals surface area contributed by atoms with Crippen LogP contribution in [0.1, 0.15) is 34.1 Å². The van der Waals surface area contributed by atoms with Crippen molar-refractivity contribution in [2.24, 2.45) is 5.92 Å². The molecule has 1 atom stereocenters. The summed E-state index contributed by atoms with van der Waals surface area (Å²) in [4.78, 5) is 36.1. The van der Waals surface area contributed by atoms with Gasteiger partial charge >= 0.3 is 5.97 Å². The molecule has 2 amide bonds. The third-order valence-corrected chi connectivity index (χ3v) is 3.41. The van der Waals surface area contributed by atoms with Gasteiger partial charge in [0.25, 0.3) is 11.8 Å². The van der Waals surface area contributed by atoms with Crippen molar-refractivity contribution in [3.63, 3.8) is 0 Å². The second-order valence-electron chi connectivity index (χ2n) is 4.59. The molecule has 6 heteroatoms. The molecule has 0 bridgehead atoms. The van der Waals surface area contributed by atoms with Gasteiger partial charge in [-0.1, -0.05) is 19.1 Å². The summed E-state index contributed by atoms with van der Waals surface area (Å²) in [6.07, 6.45) is 0.374. The van der Waals surface area contributed by atoms with E-state index in [-0.39, 0.29) is 6.54 Å². The number of nitrogens with one attached hydrogen (secondary N) is 1. The summed E-state index contributed by atoms with van der Waals surface area (Å²) in [7, 11) is 0. The number of carboxylic acids is 1. The van der Waals surface area contributed by atoms with Crippen LogP contribution in [0.2, 0.25) is 0 Å². The lowest BCUT2D eigenvalue weighted by atomic mass is 9.99. The first-order valence-electron chi connectivity index (χ1n) is 6.24. The van der Waals surface area contributed by atoms with Crippen molar-refractivity contribution in [1.29, 1.82) is 5.41 Å². The first-order chi connectivity index (χ1) is 9.47. The molecule has 0 spiro atoms. The number of carbonyl (C=O) groups excluding carboxylic acids is 2. The molecule has 1 aromatic rings. The van der Waals surface area contributed by atoms with Crippen molar-refractivity contribution in [2.45, 2.75) is 13.3 Å². The molecule has 0 saturated heterocycles. The van der Waals surface area contributed by atoms with Gasteiger partial charge in [-0.2, -0.15) is 0 Å². The fraction of sp³-hybridized carbons (Fsp3) is 0.286. The number of carboxylic acid groups (broad SMARTS) is 1. The second kappa shape index (κ2) is 5.24. The number of fused-ring (bicyclic) bond motifs is 1. The summed E-state index contributed by atoms with van der Waals surface area (Å²) in [5.41, 5.74) is 0.174. The fourth-order valence-corrected chi connectivity index (χ4v) is 2.22. The van der Waals surface area contributed by atoms with E-state index in [0.29, 0.717) is 17.5 Å². The Morgan fingerprint density at radius 1 is 1.25 bits per heavy atom. The minimum absolute atomic E-state index is 0.0754. The van der Waals surface area contributed by atoms with Gasteiger partial charge in [-0.25, -0.2) is 4.79 Å². The van der Waals surface area contributed by atoms with Gasteiger partial charge in [0.05, 0.1) is 11.1 Å². The summed E-state index contributed by atoms with van der Waals surface area (Å²) >= 11 is 0. The molecular formula is C14H14N2O4. The number of hydrogen-bond acceptors (Lipinski definition) is 4. The molecule has 1 aromatic carbocycles. The summed E-state index contributed by atoms with van der Waals surface area (Å²) in [6.45, 7) is 1.65. The average molecular weight is 274 g/mol. The molecular weight excluding hydrogens is 260 g/mol. The van der Waals surface area contributed by atoms with E-state index in [1.807, 2.05) is 0 Å². The molecule has 1 aliphatic heterocycles. The van der Waals surface area contributed by atoms with Crippen LogP contribution >= 0.6 is 0 Å². The first-order valence-corrected chi connectivity index (χ1v) is 6.24. The number of amides is 2. The third-order valence-electron chi connectivity index (χ3n) is 3.41. The Kier molecular flexibility index (Phi) is 3.65. The number of benzene rings is 1. The van der Waals surface area contributed by atoms with Gasteiger partial charge in [-0.3, -0.25) is 19.9 Å². The zero-order valence-electron chi connectivity index (χ0n) is 10.9. The van der Waals surface area contributed by atoms with E-state index in [2.05, 4.69) is 0 Å². The zero-order valence-corrected chi connectivity index (χ0v) is 10.9. The van der Waals surface area contributed by atoms with Crippen molar-refractivity contribution in [3.05, 3.63) is 35.4 Å². The maximum absolute atomic E-state index is 12.1. The van der Waals surface area contributed by atoms with E-state index in [0.717, 1.165) is 4.90 Å². The van der Waals surface area contributed by atoms with Crippen molar-refractivity contribution in [1.82, 2.24) is 4.90 Å². The molecule has 2 N–H and O–H groups in total. The number of nitrogens with zero attached hydrogens (tertiary/aromatic N) is 1. The normalized spacial score (nSPS) is 15.2. The summed E-state index contributed by atoms with van der Waals surface area (Å²) in [5, 5.41) is 16.4. The van der Waals surface area contributed by atoms with Crippen molar-refractivity contribution < 1.29 is 19.5 Å². The Hall–Kier alpha value is -2.50. The highest BCUT2D eigenvalue weighted by molar-refractivity contribution is 6.35. The van der Waals surface area contributed by atoms with E-state index < -0.39 is 29.4 Å². The van der Waals surface area contributed by atoms with Gasteiger partial charge in [0.1, 0.15) is 5.71 Å². The summed E-state index contributed by atoms with van der Waals surface area (Å²) in [6, 6.07) is 6.48. The van der Waals surface area contributed by atoms with E-state index in [1.54, 1.807) is 31.2 Å². The van der Waals surface area contributed by atoms with Gasteiger partial charge in [-0.15, -0.1) is 0 Å². The highest BCUT2D eigenvalue weighted by atomic mass is 16.4. The van der Waals surface area contributed by atoms with Gasteiger partial charge < -0.3 is 5.11 Å². The van der Waals surface area contributed by atoms with Crippen LogP contribution in [0, 0.1) is 11.3 Å². The minimum Gasteiger partial charge on any atom is -0.477 e. The molecule has 0 radical (unpaired) electrons. The van der Waals surface area contributed by atoms with E-state index in [4.69, 9.17) is 10.5 Å². The smallest absolute Gasteiger partial charge is 0.349 e. The van der Waals surface area contributed by atoms with Crippen LogP contribution in [0.15, 0.2) is 24.3 Å². The van der Waals surface area contributed by atoms with Crippen LogP contribution in [-0.2, 0) is 4.79 Å². The minimum atomic E-state index is -1.33. The van der Waals surface area contributed by atoms with Crippen molar-refractivity contribution in [2.75, 3.05) is 6.54 Å². The van der Waals surface area contributed by atoms with E-state index >= 15 is 0 Å². The van der Waals surface area contributed by atoms with Gasteiger partial charge in [0.15, 0.2) is 0 Å². The predicted molar refractivity (Wildman–Crippen MR) is 71.0 cm³/mol.